The monoisotopic (exact) mass is 353 g/mol. The lowest BCUT2D eigenvalue weighted by atomic mass is 10.1. The molecule has 0 aliphatic rings. The minimum absolute atomic E-state index is 0.313. The van der Waals surface area contributed by atoms with Gasteiger partial charge >= 0.3 is 12.3 Å². The number of rotatable bonds is 3. The lowest BCUT2D eigenvalue weighted by Crippen LogP contribution is -2.16. The molecule has 0 N–H and O–H groups in total. The quantitative estimate of drug-likeness (QED) is 0.643. The summed E-state index contributed by atoms with van der Waals surface area (Å²) in [5.41, 5.74) is 1.42. The Morgan fingerprint density at radius 3 is 2.62 bits per heavy atom. The maximum absolute atomic E-state index is 12.3. The van der Waals surface area contributed by atoms with Gasteiger partial charge in [-0.1, -0.05) is 18.2 Å². The van der Waals surface area contributed by atoms with Crippen LogP contribution < -0.4 is 4.74 Å². The number of carbonyl (C=O) groups excluding carboxylic acids is 1. The molecule has 0 spiro atoms. The molecular formula is C16H10F3NO3S. The molecule has 24 heavy (non-hydrogen) atoms. The number of nitrogens with zero attached hydrogens (tertiary/aromatic N) is 1. The number of halogens is 3. The first-order valence-corrected chi connectivity index (χ1v) is 7.53. The highest BCUT2D eigenvalue weighted by molar-refractivity contribution is 7.21. The molecule has 2 aromatic carbocycles. The average Bonchev–Trinajstić information content (AvgIpc) is 2.95. The summed E-state index contributed by atoms with van der Waals surface area (Å²) in [5, 5.41) is 0.509. The predicted molar refractivity (Wildman–Crippen MR) is 83.1 cm³/mol. The van der Waals surface area contributed by atoms with E-state index >= 15 is 0 Å². The van der Waals surface area contributed by atoms with Crippen molar-refractivity contribution in [1.29, 1.82) is 0 Å². The first-order valence-electron chi connectivity index (χ1n) is 6.71. The Labute approximate surface area is 138 Å². The van der Waals surface area contributed by atoms with E-state index in [0.29, 0.717) is 26.4 Å². The molecule has 0 aliphatic carbocycles. The highest BCUT2D eigenvalue weighted by Gasteiger charge is 2.31. The zero-order chi connectivity index (χ0) is 17.3. The van der Waals surface area contributed by atoms with Gasteiger partial charge in [-0.2, -0.15) is 0 Å². The minimum atomic E-state index is -4.75. The summed E-state index contributed by atoms with van der Waals surface area (Å²) in [6.45, 7) is 0. The summed E-state index contributed by atoms with van der Waals surface area (Å²) < 4.78 is 46.1. The van der Waals surface area contributed by atoms with Gasteiger partial charge in [0.2, 0.25) is 0 Å². The van der Waals surface area contributed by atoms with Gasteiger partial charge in [0, 0.05) is 5.56 Å². The smallest absolute Gasteiger partial charge is 0.465 e. The van der Waals surface area contributed by atoms with E-state index in [1.807, 2.05) is 0 Å². The molecule has 4 nitrogen and oxygen atoms in total. The Balaban J connectivity index is 2.05. The number of hydrogen-bond donors (Lipinski definition) is 0. The summed E-state index contributed by atoms with van der Waals surface area (Å²) in [7, 11) is 1.28. The van der Waals surface area contributed by atoms with E-state index in [0.717, 1.165) is 0 Å². The number of carbonyl (C=O) groups is 1. The predicted octanol–water partition coefficient (Wildman–Crippen LogP) is 4.65. The van der Waals surface area contributed by atoms with Crippen molar-refractivity contribution in [3.8, 4) is 16.3 Å². The Morgan fingerprint density at radius 2 is 1.92 bits per heavy atom. The molecule has 0 aliphatic heterocycles. The Morgan fingerprint density at radius 1 is 1.17 bits per heavy atom. The van der Waals surface area contributed by atoms with Crippen LogP contribution in [-0.2, 0) is 4.74 Å². The van der Waals surface area contributed by atoms with Crippen molar-refractivity contribution in [1.82, 2.24) is 4.98 Å². The highest BCUT2D eigenvalue weighted by atomic mass is 32.1. The number of aromatic nitrogens is 1. The molecule has 0 fully saturated rings. The van der Waals surface area contributed by atoms with Crippen LogP contribution in [0.25, 0.3) is 20.8 Å². The molecule has 3 rings (SSSR count). The lowest BCUT2D eigenvalue weighted by Gasteiger charge is -2.07. The molecule has 1 heterocycles. The van der Waals surface area contributed by atoms with E-state index in [-0.39, 0.29) is 5.75 Å². The van der Waals surface area contributed by atoms with Gasteiger partial charge in [-0.25, -0.2) is 9.78 Å². The molecule has 0 radical (unpaired) electrons. The fraction of sp³-hybridized carbons (Fsp3) is 0.125. The lowest BCUT2D eigenvalue weighted by molar-refractivity contribution is -0.274. The first kappa shape index (κ1) is 16.3. The van der Waals surface area contributed by atoms with Gasteiger partial charge in [-0.05, 0) is 24.3 Å². The van der Waals surface area contributed by atoms with Crippen LogP contribution in [0.3, 0.4) is 0 Å². The topological polar surface area (TPSA) is 48.4 Å². The van der Waals surface area contributed by atoms with Crippen molar-refractivity contribution in [3.63, 3.8) is 0 Å². The standard InChI is InChI=1S/C16H10F3NO3S/c1-22-15(21)11-5-3-2-4-10(11)14-20-12-7-6-9(8-13(12)24-14)23-16(17,18)19/h2-8H,1H3. The minimum Gasteiger partial charge on any atom is -0.465 e. The fourth-order valence-electron chi connectivity index (χ4n) is 2.17. The van der Waals surface area contributed by atoms with Crippen LogP contribution in [-0.4, -0.2) is 24.4 Å². The molecule has 0 saturated heterocycles. The molecule has 1 aromatic heterocycles. The third-order valence-electron chi connectivity index (χ3n) is 3.16. The van der Waals surface area contributed by atoms with Crippen LogP contribution in [0.2, 0.25) is 0 Å². The Bertz CT molecular complexity index is 905. The average molecular weight is 353 g/mol. The van der Waals surface area contributed by atoms with Gasteiger partial charge in [0.15, 0.2) is 0 Å². The third-order valence-corrected chi connectivity index (χ3v) is 4.21. The van der Waals surface area contributed by atoms with Crippen molar-refractivity contribution < 1.29 is 27.4 Å². The van der Waals surface area contributed by atoms with Gasteiger partial charge in [0.25, 0.3) is 0 Å². The van der Waals surface area contributed by atoms with Gasteiger partial charge in [0.1, 0.15) is 10.8 Å². The van der Waals surface area contributed by atoms with Crippen LogP contribution in [0.15, 0.2) is 42.5 Å². The summed E-state index contributed by atoms with van der Waals surface area (Å²) in [5.74, 6) is -0.822. The van der Waals surface area contributed by atoms with E-state index < -0.39 is 12.3 Å². The molecule has 0 unspecified atom stereocenters. The van der Waals surface area contributed by atoms with Crippen molar-refractivity contribution in [2.24, 2.45) is 0 Å². The molecule has 8 heteroatoms. The Kier molecular flexibility index (Phi) is 4.15. The molecule has 0 amide bonds. The van der Waals surface area contributed by atoms with Crippen molar-refractivity contribution in [3.05, 3.63) is 48.0 Å². The van der Waals surface area contributed by atoms with E-state index in [1.54, 1.807) is 24.3 Å². The number of ether oxygens (including phenoxy) is 2. The van der Waals surface area contributed by atoms with Gasteiger partial charge in [-0.15, -0.1) is 24.5 Å². The molecule has 0 bridgehead atoms. The number of esters is 1. The van der Waals surface area contributed by atoms with E-state index in [9.17, 15) is 18.0 Å². The zero-order valence-electron chi connectivity index (χ0n) is 12.3. The summed E-state index contributed by atoms with van der Waals surface area (Å²) >= 11 is 1.17. The number of fused-ring (bicyclic) bond motifs is 1. The third kappa shape index (κ3) is 3.33. The van der Waals surface area contributed by atoms with E-state index in [2.05, 4.69) is 9.72 Å². The van der Waals surface area contributed by atoms with Crippen LogP contribution in [0, 0.1) is 0 Å². The van der Waals surface area contributed by atoms with Crippen LogP contribution in [0.1, 0.15) is 10.4 Å². The number of hydrogen-bond acceptors (Lipinski definition) is 5. The second-order valence-electron chi connectivity index (χ2n) is 4.73. The second-order valence-corrected chi connectivity index (χ2v) is 5.76. The second kappa shape index (κ2) is 6.12. The van der Waals surface area contributed by atoms with Gasteiger partial charge in [0.05, 0.1) is 22.9 Å². The van der Waals surface area contributed by atoms with E-state index in [4.69, 9.17) is 4.74 Å². The van der Waals surface area contributed by atoms with Crippen LogP contribution in [0.5, 0.6) is 5.75 Å². The SMILES string of the molecule is COC(=O)c1ccccc1-c1nc2ccc(OC(F)(F)F)cc2s1. The van der Waals surface area contributed by atoms with Gasteiger partial charge < -0.3 is 9.47 Å². The number of thiazole rings is 1. The number of alkyl halides is 3. The molecule has 3 aromatic rings. The fourth-order valence-corrected chi connectivity index (χ4v) is 3.21. The highest BCUT2D eigenvalue weighted by Crippen LogP contribution is 2.35. The largest absolute Gasteiger partial charge is 0.573 e. The molecule has 0 saturated carbocycles. The molecule has 0 atom stereocenters. The normalized spacial score (nSPS) is 11.5. The first-order chi connectivity index (χ1) is 11.4. The van der Waals surface area contributed by atoms with Gasteiger partial charge in [-0.3, -0.25) is 0 Å². The molecule has 124 valence electrons. The van der Waals surface area contributed by atoms with Crippen molar-refractivity contribution >= 4 is 27.5 Å². The van der Waals surface area contributed by atoms with Crippen molar-refractivity contribution in [2.75, 3.05) is 7.11 Å². The van der Waals surface area contributed by atoms with Crippen molar-refractivity contribution in [2.45, 2.75) is 6.36 Å². The Hall–Kier alpha value is -2.61. The maximum atomic E-state index is 12.3. The van der Waals surface area contributed by atoms with E-state index in [1.165, 1.54) is 36.6 Å². The van der Waals surface area contributed by atoms with Crippen LogP contribution in [0.4, 0.5) is 13.2 Å². The summed E-state index contributed by atoms with van der Waals surface area (Å²) in [4.78, 5) is 16.2. The summed E-state index contributed by atoms with van der Waals surface area (Å²) in [6.07, 6.45) is -4.75. The summed E-state index contributed by atoms with van der Waals surface area (Å²) in [6, 6.07) is 10.7. The molecular weight excluding hydrogens is 343 g/mol. The maximum Gasteiger partial charge on any atom is 0.573 e. The van der Waals surface area contributed by atoms with Crippen LogP contribution >= 0.6 is 11.3 Å². The number of benzene rings is 2. The zero-order valence-corrected chi connectivity index (χ0v) is 13.1. The number of methoxy groups -OCH3 is 1.